The molecule has 0 radical (unpaired) electrons. The molecular weight excluding hydrogens is 255 g/mol. The third-order valence-electron chi connectivity index (χ3n) is 3.27. The van der Waals surface area contributed by atoms with Crippen LogP contribution in [0.3, 0.4) is 0 Å². The minimum atomic E-state index is -0.334. The summed E-state index contributed by atoms with van der Waals surface area (Å²) >= 11 is 0. The van der Waals surface area contributed by atoms with Gasteiger partial charge in [0.05, 0.1) is 11.7 Å². The molecule has 0 atom stereocenters. The van der Waals surface area contributed by atoms with Crippen molar-refractivity contribution in [1.29, 1.82) is 0 Å². The van der Waals surface area contributed by atoms with Crippen LogP contribution in [0.1, 0.15) is 16.8 Å². The fraction of sp³-hybridized carbons (Fsp3) is 0.125. The summed E-state index contributed by atoms with van der Waals surface area (Å²) in [5.41, 5.74) is 1.54. The molecule has 0 N–H and O–H groups in total. The molecule has 0 amide bonds. The standard InChI is InChI=1S/C16H13FN2O/c17-14-7-5-12(6-8-14)16(20)9-10-19-15-4-2-1-3-13(15)11-18-19/h1-8,11H,9-10H2. The Morgan fingerprint density at radius 3 is 2.65 bits per heavy atom. The average Bonchev–Trinajstić information content (AvgIpc) is 2.89. The lowest BCUT2D eigenvalue weighted by molar-refractivity contribution is 0.0976. The molecule has 2 aromatic carbocycles. The Bertz CT molecular complexity index is 747. The van der Waals surface area contributed by atoms with Gasteiger partial charge in [0.1, 0.15) is 5.82 Å². The van der Waals surface area contributed by atoms with E-state index in [4.69, 9.17) is 0 Å². The Labute approximate surface area is 115 Å². The number of hydrogen-bond donors (Lipinski definition) is 0. The predicted molar refractivity (Wildman–Crippen MR) is 75.1 cm³/mol. The van der Waals surface area contributed by atoms with Gasteiger partial charge in [0, 0.05) is 23.9 Å². The van der Waals surface area contributed by atoms with Crippen LogP contribution in [-0.2, 0) is 6.54 Å². The Morgan fingerprint density at radius 1 is 1.10 bits per heavy atom. The minimum absolute atomic E-state index is 0.00965. The second kappa shape index (κ2) is 5.25. The lowest BCUT2D eigenvalue weighted by Gasteiger charge is -2.03. The van der Waals surface area contributed by atoms with Gasteiger partial charge in [-0.05, 0) is 30.3 Å². The number of carbonyl (C=O) groups excluding carboxylic acids is 1. The molecule has 0 bridgehead atoms. The highest BCUT2D eigenvalue weighted by Gasteiger charge is 2.08. The summed E-state index contributed by atoms with van der Waals surface area (Å²) in [5, 5.41) is 5.34. The number of aromatic nitrogens is 2. The monoisotopic (exact) mass is 268 g/mol. The van der Waals surface area contributed by atoms with Crippen molar-refractivity contribution in [3.8, 4) is 0 Å². The molecule has 20 heavy (non-hydrogen) atoms. The molecule has 3 rings (SSSR count). The summed E-state index contributed by atoms with van der Waals surface area (Å²) in [5.74, 6) is -0.343. The first-order valence-electron chi connectivity index (χ1n) is 6.43. The molecule has 0 fully saturated rings. The molecule has 0 unspecified atom stereocenters. The zero-order valence-corrected chi connectivity index (χ0v) is 10.8. The topological polar surface area (TPSA) is 34.9 Å². The van der Waals surface area contributed by atoms with Crippen molar-refractivity contribution in [2.24, 2.45) is 0 Å². The Morgan fingerprint density at radius 2 is 1.85 bits per heavy atom. The first kappa shape index (κ1) is 12.5. The van der Waals surface area contributed by atoms with E-state index in [1.54, 1.807) is 6.20 Å². The highest BCUT2D eigenvalue weighted by atomic mass is 19.1. The lowest BCUT2D eigenvalue weighted by Crippen LogP contribution is -2.07. The summed E-state index contributed by atoms with van der Waals surface area (Å²) in [6.45, 7) is 0.518. The van der Waals surface area contributed by atoms with Gasteiger partial charge in [0.25, 0.3) is 0 Å². The van der Waals surface area contributed by atoms with E-state index in [9.17, 15) is 9.18 Å². The van der Waals surface area contributed by atoms with Crippen LogP contribution in [0, 0.1) is 5.82 Å². The van der Waals surface area contributed by atoms with Crippen LogP contribution in [0.5, 0.6) is 0 Å². The van der Waals surface area contributed by atoms with E-state index < -0.39 is 0 Å². The van der Waals surface area contributed by atoms with Crippen LogP contribution in [0.2, 0.25) is 0 Å². The second-order valence-electron chi connectivity index (χ2n) is 4.61. The van der Waals surface area contributed by atoms with E-state index in [1.807, 2.05) is 28.9 Å². The first-order valence-corrected chi connectivity index (χ1v) is 6.43. The Hall–Kier alpha value is -2.49. The van der Waals surface area contributed by atoms with Gasteiger partial charge >= 0.3 is 0 Å². The Balaban J connectivity index is 1.73. The molecule has 0 aliphatic heterocycles. The maximum absolute atomic E-state index is 12.8. The van der Waals surface area contributed by atoms with Gasteiger partial charge in [-0.1, -0.05) is 18.2 Å². The smallest absolute Gasteiger partial charge is 0.164 e. The Kier molecular flexibility index (Phi) is 3.29. The van der Waals surface area contributed by atoms with Gasteiger partial charge in [-0.2, -0.15) is 5.10 Å². The van der Waals surface area contributed by atoms with Crippen LogP contribution in [0.15, 0.2) is 54.7 Å². The fourth-order valence-corrected chi connectivity index (χ4v) is 2.19. The number of rotatable bonds is 4. The summed E-state index contributed by atoms with van der Waals surface area (Å²) in [6, 6.07) is 13.5. The number of aryl methyl sites for hydroxylation is 1. The third-order valence-corrected chi connectivity index (χ3v) is 3.27. The van der Waals surface area contributed by atoms with Gasteiger partial charge in [-0.15, -0.1) is 0 Å². The summed E-state index contributed by atoms with van der Waals surface area (Å²) in [7, 11) is 0. The number of Topliss-reactive ketones (excluding diaryl/α,β-unsaturated/α-hetero) is 1. The van der Waals surface area contributed by atoms with Gasteiger partial charge in [0.2, 0.25) is 0 Å². The van der Waals surface area contributed by atoms with E-state index in [-0.39, 0.29) is 11.6 Å². The first-order chi connectivity index (χ1) is 9.74. The van der Waals surface area contributed by atoms with Crippen molar-refractivity contribution < 1.29 is 9.18 Å². The van der Waals surface area contributed by atoms with Gasteiger partial charge in [-0.25, -0.2) is 4.39 Å². The highest BCUT2D eigenvalue weighted by molar-refractivity contribution is 5.96. The molecule has 0 aliphatic carbocycles. The second-order valence-corrected chi connectivity index (χ2v) is 4.61. The average molecular weight is 268 g/mol. The van der Waals surface area contributed by atoms with Crippen LogP contribution < -0.4 is 0 Å². The van der Waals surface area contributed by atoms with E-state index >= 15 is 0 Å². The largest absolute Gasteiger partial charge is 0.294 e. The van der Waals surface area contributed by atoms with Crippen molar-refractivity contribution >= 4 is 16.7 Å². The highest BCUT2D eigenvalue weighted by Crippen LogP contribution is 2.14. The van der Waals surface area contributed by atoms with Gasteiger partial charge < -0.3 is 0 Å². The third kappa shape index (κ3) is 2.45. The molecule has 3 aromatic rings. The normalized spacial score (nSPS) is 10.8. The molecule has 100 valence electrons. The number of hydrogen-bond acceptors (Lipinski definition) is 2. The fourth-order valence-electron chi connectivity index (χ4n) is 2.19. The number of carbonyl (C=O) groups is 1. The molecule has 4 heteroatoms. The zero-order valence-electron chi connectivity index (χ0n) is 10.8. The van der Waals surface area contributed by atoms with E-state index in [1.165, 1.54) is 24.3 Å². The molecule has 0 aliphatic rings. The number of fused-ring (bicyclic) bond motifs is 1. The molecular formula is C16H13FN2O. The number of benzene rings is 2. The van der Waals surface area contributed by atoms with Crippen LogP contribution in [0.4, 0.5) is 4.39 Å². The van der Waals surface area contributed by atoms with E-state index in [0.717, 1.165) is 10.9 Å². The molecule has 0 saturated carbocycles. The van der Waals surface area contributed by atoms with Gasteiger partial charge in [0.15, 0.2) is 5.78 Å². The number of para-hydroxylation sites is 1. The van der Waals surface area contributed by atoms with Crippen LogP contribution in [0.25, 0.3) is 10.9 Å². The molecule has 1 heterocycles. The molecule has 1 aromatic heterocycles. The van der Waals surface area contributed by atoms with Crippen molar-refractivity contribution in [3.63, 3.8) is 0 Å². The quantitative estimate of drug-likeness (QED) is 0.679. The summed E-state index contributed by atoms with van der Waals surface area (Å²) < 4.78 is 14.6. The minimum Gasteiger partial charge on any atom is -0.294 e. The maximum Gasteiger partial charge on any atom is 0.164 e. The van der Waals surface area contributed by atoms with Crippen molar-refractivity contribution in [1.82, 2.24) is 9.78 Å². The molecule has 0 spiro atoms. The van der Waals surface area contributed by atoms with Crippen LogP contribution in [-0.4, -0.2) is 15.6 Å². The lowest BCUT2D eigenvalue weighted by atomic mass is 10.1. The molecule has 3 nitrogen and oxygen atoms in total. The van der Waals surface area contributed by atoms with Crippen LogP contribution >= 0.6 is 0 Å². The van der Waals surface area contributed by atoms with Gasteiger partial charge in [-0.3, -0.25) is 9.48 Å². The zero-order chi connectivity index (χ0) is 13.9. The molecule has 0 saturated heterocycles. The number of ketones is 1. The van der Waals surface area contributed by atoms with E-state index in [2.05, 4.69) is 5.10 Å². The SMILES string of the molecule is O=C(CCn1ncc2ccccc21)c1ccc(F)cc1. The van der Waals surface area contributed by atoms with Crippen molar-refractivity contribution in [3.05, 3.63) is 66.1 Å². The maximum atomic E-state index is 12.8. The predicted octanol–water partition coefficient (Wildman–Crippen LogP) is 3.45. The van der Waals surface area contributed by atoms with Crippen molar-refractivity contribution in [2.75, 3.05) is 0 Å². The van der Waals surface area contributed by atoms with Crippen molar-refractivity contribution in [2.45, 2.75) is 13.0 Å². The van der Waals surface area contributed by atoms with E-state index in [0.29, 0.717) is 18.5 Å². The number of nitrogens with zero attached hydrogens (tertiary/aromatic N) is 2. The summed E-state index contributed by atoms with van der Waals surface area (Å²) in [6.07, 6.45) is 2.13. The number of halogens is 1. The summed E-state index contributed by atoms with van der Waals surface area (Å²) in [4.78, 5) is 12.0.